The van der Waals surface area contributed by atoms with Crippen LogP contribution in [0.2, 0.25) is 0 Å². The summed E-state index contributed by atoms with van der Waals surface area (Å²) in [5, 5.41) is 7.01. The van der Waals surface area contributed by atoms with Gasteiger partial charge in [-0.25, -0.2) is 4.98 Å². The van der Waals surface area contributed by atoms with E-state index in [1.54, 1.807) is 17.0 Å². The number of hydrogen-bond acceptors (Lipinski definition) is 4. The minimum absolute atomic E-state index is 0.0792. The largest absolute Gasteiger partial charge is 0.367 e. The van der Waals surface area contributed by atoms with Gasteiger partial charge in [0.15, 0.2) is 0 Å². The van der Waals surface area contributed by atoms with Crippen molar-refractivity contribution in [2.24, 2.45) is 5.73 Å². The number of anilines is 2. The molecule has 0 atom stereocenters. The highest BCUT2D eigenvalue weighted by Gasteiger charge is 2.16. The average molecular weight is 377 g/mol. The molecule has 1 aliphatic rings. The Bertz CT molecular complexity index is 1000. The predicted octanol–water partition coefficient (Wildman–Crippen LogP) is 3.13. The van der Waals surface area contributed by atoms with Gasteiger partial charge in [-0.05, 0) is 31.0 Å². The fraction of sp³-hybridized carbons (Fsp3) is 0.286. The summed E-state index contributed by atoms with van der Waals surface area (Å²) in [6, 6.07) is 11.6. The highest BCUT2D eigenvalue weighted by atomic mass is 16.2. The Kier molecular flexibility index (Phi) is 4.97. The summed E-state index contributed by atoms with van der Waals surface area (Å²) in [5.41, 5.74) is 7.29. The smallest absolute Gasteiger partial charge is 0.250 e. The van der Waals surface area contributed by atoms with Crippen molar-refractivity contribution in [1.82, 2.24) is 9.55 Å². The maximum atomic E-state index is 12.5. The number of carbonyl (C=O) groups excluding carboxylic acids is 2. The molecule has 7 heteroatoms. The van der Waals surface area contributed by atoms with Gasteiger partial charge in [0.25, 0.3) is 5.91 Å². The molecule has 2 amide bonds. The van der Waals surface area contributed by atoms with Crippen molar-refractivity contribution < 1.29 is 9.59 Å². The van der Waals surface area contributed by atoms with E-state index in [0.29, 0.717) is 17.3 Å². The van der Waals surface area contributed by atoms with Crippen molar-refractivity contribution in [3.63, 3.8) is 0 Å². The van der Waals surface area contributed by atoms with Crippen LogP contribution in [0, 0.1) is 0 Å². The van der Waals surface area contributed by atoms with E-state index in [4.69, 9.17) is 5.73 Å². The van der Waals surface area contributed by atoms with Gasteiger partial charge in [0.1, 0.15) is 12.4 Å². The number of nitrogens with zero attached hydrogens (tertiary/aromatic N) is 2. The first-order valence-corrected chi connectivity index (χ1v) is 9.50. The van der Waals surface area contributed by atoms with Crippen LogP contribution < -0.4 is 16.4 Å². The molecule has 0 bridgehead atoms. The van der Waals surface area contributed by atoms with E-state index in [2.05, 4.69) is 15.6 Å². The molecule has 3 aromatic rings. The molecule has 0 radical (unpaired) electrons. The number of fused-ring (bicyclic) bond motifs is 1. The first kappa shape index (κ1) is 18.0. The summed E-state index contributed by atoms with van der Waals surface area (Å²) in [7, 11) is 0. The van der Waals surface area contributed by atoms with Gasteiger partial charge in [0.05, 0.1) is 17.4 Å². The minimum atomic E-state index is -0.509. The van der Waals surface area contributed by atoms with E-state index in [-0.39, 0.29) is 12.5 Å². The van der Waals surface area contributed by atoms with Crippen LogP contribution in [0.4, 0.5) is 11.5 Å². The molecule has 7 nitrogen and oxygen atoms in total. The predicted molar refractivity (Wildman–Crippen MR) is 109 cm³/mol. The SMILES string of the molecule is NC(=O)c1cn(CC(=O)Nc2ccc(NC3CCCC3)nc2)c2ccccc12. The van der Waals surface area contributed by atoms with Crippen LogP contribution in [0.1, 0.15) is 36.0 Å². The topological polar surface area (TPSA) is 102 Å². The fourth-order valence-corrected chi connectivity index (χ4v) is 3.76. The third-order valence-corrected chi connectivity index (χ3v) is 5.12. The minimum Gasteiger partial charge on any atom is -0.367 e. The second kappa shape index (κ2) is 7.72. The van der Waals surface area contributed by atoms with Crippen molar-refractivity contribution in [1.29, 1.82) is 0 Å². The summed E-state index contributed by atoms with van der Waals surface area (Å²) in [6.07, 6.45) is 8.16. The van der Waals surface area contributed by atoms with Gasteiger partial charge in [0, 0.05) is 23.1 Å². The van der Waals surface area contributed by atoms with Crippen molar-refractivity contribution >= 4 is 34.2 Å². The Hall–Kier alpha value is -3.35. The summed E-state index contributed by atoms with van der Waals surface area (Å²) in [5.74, 6) is 0.118. The summed E-state index contributed by atoms with van der Waals surface area (Å²) in [6.45, 7) is 0.0792. The lowest BCUT2D eigenvalue weighted by atomic mass is 10.2. The second-order valence-electron chi connectivity index (χ2n) is 7.16. The van der Waals surface area contributed by atoms with E-state index in [9.17, 15) is 9.59 Å². The number of aromatic nitrogens is 2. The molecule has 2 heterocycles. The van der Waals surface area contributed by atoms with E-state index in [1.807, 2.05) is 36.4 Å². The van der Waals surface area contributed by atoms with Crippen molar-refractivity contribution in [3.8, 4) is 0 Å². The number of carbonyl (C=O) groups is 2. The highest BCUT2D eigenvalue weighted by Crippen LogP contribution is 2.23. The second-order valence-corrected chi connectivity index (χ2v) is 7.16. The third kappa shape index (κ3) is 3.83. The van der Waals surface area contributed by atoms with Crippen LogP contribution >= 0.6 is 0 Å². The zero-order chi connectivity index (χ0) is 19.5. The summed E-state index contributed by atoms with van der Waals surface area (Å²) < 4.78 is 1.73. The molecular formula is C21H23N5O2. The van der Waals surface area contributed by atoms with Crippen LogP contribution in [-0.4, -0.2) is 27.4 Å². The van der Waals surface area contributed by atoms with Crippen molar-refractivity contribution in [3.05, 3.63) is 54.4 Å². The monoisotopic (exact) mass is 377 g/mol. The zero-order valence-electron chi connectivity index (χ0n) is 15.5. The number of para-hydroxylation sites is 1. The third-order valence-electron chi connectivity index (χ3n) is 5.12. The maximum absolute atomic E-state index is 12.5. The van der Waals surface area contributed by atoms with Gasteiger partial charge in [-0.15, -0.1) is 0 Å². The van der Waals surface area contributed by atoms with Gasteiger partial charge < -0.3 is 20.9 Å². The van der Waals surface area contributed by atoms with Crippen LogP contribution in [0.3, 0.4) is 0 Å². The van der Waals surface area contributed by atoms with Gasteiger partial charge in [-0.3, -0.25) is 9.59 Å². The molecule has 1 aliphatic carbocycles. The van der Waals surface area contributed by atoms with Gasteiger partial charge in [-0.1, -0.05) is 31.0 Å². The van der Waals surface area contributed by atoms with Crippen molar-refractivity contribution in [2.75, 3.05) is 10.6 Å². The number of benzene rings is 1. The molecule has 0 saturated heterocycles. The summed E-state index contributed by atoms with van der Waals surface area (Å²) in [4.78, 5) is 28.5. The number of pyridine rings is 1. The average Bonchev–Trinajstić information content (AvgIpc) is 3.32. The lowest BCUT2D eigenvalue weighted by Crippen LogP contribution is -2.19. The molecule has 144 valence electrons. The number of nitrogens with two attached hydrogens (primary N) is 1. The molecule has 28 heavy (non-hydrogen) atoms. The van der Waals surface area contributed by atoms with Gasteiger partial charge in [0.2, 0.25) is 5.91 Å². The molecule has 4 N–H and O–H groups in total. The maximum Gasteiger partial charge on any atom is 0.250 e. The Labute approximate surface area is 162 Å². The molecule has 1 aromatic carbocycles. The van der Waals surface area contributed by atoms with Crippen LogP contribution in [0.25, 0.3) is 10.9 Å². The highest BCUT2D eigenvalue weighted by molar-refractivity contribution is 6.06. The Morgan fingerprint density at radius 3 is 2.64 bits per heavy atom. The lowest BCUT2D eigenvalue weighted by molar-refractivity contribution is -0.116. The standard InChI is InChI=1S/C21H23N5O2/c22-21(28)17-12-26(18-8-4-3-7-16(17)18)13-20(27)25-15-9-10-19(23-11-15)24-14-5-1-2-6-14/h3-4,7-12,14H,1-2,5-6,13H2,(H2,22,28)(H,23,24)(H,25,27). The lowest BCUT2D eigenvalue weighted by Gasteiger charge is -2.13. The van der Waals surface area contributed by atoms with Gasteiger partial charge in [-0.2, -0.15) is 0 Å². The normalized spacial score (nSPS) is 14.3. The molecule has 0 aliphatic heterocycles. The number of rotatable bonds is 6. The van der Waals surface area contributed by atoms with Crippen LogP contribution in [-0.2, 0) is 11.3 Å². The molecule has 1 saturated carbocycles. The Morgan fingerprint density at radius 2 is 1.93 bits per heavy atom. The van der Waals surface area contributed by atoms with E-state index in [0.717, 1.165) is 16.7 Å². The van der Waals surface area contributed by atoms with E-state index in [1.165, 1.54) is 25.7 Å². The molecule has 2 aromatic heterocycles. The zero-order valence-corrected chi connectivity index (χ0v) is 15.5. The van der Waals surface area contributed by atoms with Crippen molar-refractivity contribution in [2.45, 2.75) is 38.3 Å². The number of hydrogen-bond donors (Lipinski definition) is 3. The first-order valence-electron chi connectivity index (χ1n) is 9.50. The fourth-order valence-electron chi connectivity index (χ4n) is 3.76. The van der Waals surface area contributed by atoms with Crippen LogP contribution in [0.15, 0.2) is 48.8 Å². The van der Waals surface area contributed by atoms with E-state index < -0.39 is 5.91 Å². The quantitative estimate of drug-likeness (QED) is 0.614. The Balaban J connectivity index is 1.43. The number of nitrogens with one attached hydrogen (secondary N) is 2. The van der Waals surface area contributed by atoms with Gasteiger partial charge >= 0.3 is 0 Å². The molecule has 4 rings (SSSR count). The molecular weight excluding hydrogens is 354 g/mol. The molecule has 1 fully saturated rings. The number of primary amides is 1. The molecule has 0 spiro atoms. The van der Waals surface area contributed by atoms with E-state index >= 15 is 0 Å². The van der Waals surface area contributed by atoms with Crippen LogP contribution in [0.5, 0.6) is 0 Å². The Morgan fingerprint density at radius 1 is 1.14 bits per heavy atom. The number of amides is 2. The summed E-state index contributed by atoms with van der Waals surface area (Å²) >= 11 is 0. The molecule has 0 unspecified atom stereocenters. The first-order chi connectivity index (χ1) is 13.6.